The van der Waals surface area contributed by atoms with Crippen LogP contribution in [0.15, 0.2) is 54.0 Å². The van der Waals surface area contributed by atoms with Gasteiger partial charge in [-0.25, -0.2) is 4.79 Å². The average molecular weight is 451 g/mol. The molecule has 1 fully saturated rings. The molecule has 0 aromatic heterocycles. The van der Waals surface area contributed by atoms with Crippen molar-refractivity contribution in [2.24, 2.45) is 0 Å². The molecule has 1 amide bonds. The number of rotatable bonds is 8. The minimum Gasteiger partial charge on any atom is -0.496 e. The summed E-state index contributed by atoms with van der Waals surface area (Å²) in [6, 6.07) is 14.7. The van der Waals surface area contributed by atoms with Crippen molar-refractivity contribution in [3.63, 3.8) is 0 Å². The third-order valence-corrected chi connectivity index (χ3v) is 5.94. The number of alkyl carbamates (subject to hydrolysis) is 1. The molecule has 1 saturated heterocycles. The number of methoxy groups -OCH3 is 1. The molecular formula is C25H30BNO6. The van der Waals surface area contributed by atoms with Gasteiger partial charge in [0.2, 0.25) is 0 Å². The monoisotopic (exact) mass is 451 g/mol. The lowest BCUT2D eigenvalue weighted by Crippen LogP contribution is -2.41. The summed E-state index contributed by atoms with van der Waals surface area (Å²) < 4.78 is 22.9. The first kappa shape index (κ1) is 24.5. The topological polar surface area (TPSA) is 83.1 Å². The second-order valence-corrected chi connectivity index (χ2v) is 8.84. The van der Waals surface area contributed by atoms with Crippen LogP contribution >= 0.6 is 0 Å². The first-order valence-corrected chi connectivity index (χ1v) is 10.8. The van der Waals surface area contributed by atoms with E-state index in [1.165, 1.54) is 7.11 Å². The second kappa shape index (κ2) is 10.2. The summed E-state index contributed by atoms with van der Waals surface area (Å²) in [5.74, 6) is 0.488. The van der Waals surface area contributed by atoms with Crippen molar-refractivity contribution >= 4 is 25.6 Å². The van der Waals surface area contributed by atoms with Gasteiger partial charge in [-0.3, -0.25) is 4.79 Å². The van der Waals surface area contributed by atoms with Crippen LogP contribution in [0.3, 0.4) is 0 Å². The molecule has 0 spiro atoms. The largest absolute Gasteiger partial charge is 0.496 e. The van der Waals surface area contributed by atoms with Gasteiger partial charge in [0.05, 0.1) is 23.9 Å². The van der Waals surface area contributed by atoms with Gasteiger partial charge in [-0.05, 0) is 56.4 Å². The number of hydrogen-bond donors (Lipinski definition) is 1. The molecule has 0 radical (unpaired) electrons. The fourth-order valence-corrected chi connectivity index (χ4v) is 3.29. The fraction of sp³-hybridized carbons (Fsp3) is 0.360. The van der Waals surface area contributed by atoms with Gasteiger partial charge in [-0.15, -0.1) is 0 Å². The van der Waals surface area contributed by atoms with Crippen molar-refractivity contribution in [3.05, 3.63) is 70.7 Å². The van der Waals surface area contributed by atoms with E-state index >= 15 is 0 Å². The molecule has 1 N–H and O–H groups in total. The quantitative estimate of drug-likeness (QED) is 0.472. The Labute approximate surface area is 195 Å². The highest BCUT2D eigenvalue weighted by atomic mass is 16.7. The van der Waals surface area contributed by atoms with E-state index in [4.69, 9.17) is 18.8 Å². The van der Waals surface area contributed by atoms with Gasteiger partial charge in [-0.2, -0.15) is 0 Å². The molecular weight excluding hydrogens is 421 g/mol. The molecule has 1 heterocycles. The third-order valence-electron chi connectivity index (χ3n) is 5.94. The zero-order valence-electron chi connectivity index (χ0n) is 19.7. The number of carbonyl (C=O) groups is 2. The zero-order valence-corrected chi connectivity index (χ0v) is 19.7. The van der Waals surface area contributed by atoms with E-state index in [1.54, 1.807) is 12.1 Å². The summed E-state index contributed by atoms with van der Waals surface area (Å²) >= 11 is 0. The van der Waals surface area contributed by atoms with Gasteiger partial charge in [0.15, 0.2) is 6.29 Å². The molecule has 2 aromatic carbocycles. The molecule has 2 aromatic rings. The Morgan fingerprint density at radius 2 is 1.73 bits per heavy atom. The number of amides is 1. The second-order valence-electron chi connectivity index (χ2n) is 8.84. The summed E-state index contributed by atoms with van der Waals surface area (Å²) in [7, 11) is 0.838. The Balaban J connectivity index is 1.78. The third kappa shape index (κ3) is 6.03. The average Bonchev–Trinajstić information content (AvgIpc) is 3.02. The summed E-state index contributed by atoms with van der Waals surface area (Å²) in [4.78, 5) is 23.8. The number of hydrogen-bond acceptors (Lipinski definition) is 6. The van der Waals surface area contributed by atoms with Gasteiger partial charge >= 0.3 is 13.2 Å². The first-order valence-electron chi connectivity index (χ1n) is 10.8. The standard InChI is InChI=1S/C25H30BNO6/c1-24(2)25(3,4)33-26(32-24)21(14-19-11-12-22(30-5)20(13-19)16-28)15-27-23(29)31-17-18-9-7-6-8-10-18/h6-14,16H,15,17H2,1-5H3,(H,27,29). The minimum absolute atomic E-state index is 0.146. The molecule has 0 bridgehead atoms. The molecule has 1 aliphatic rings. The lowest BCUT2D eigenvalue weighted by atomic mass is 9.77. The summed E-state index contributed by atoms with van der Waals surface area (Å²) in [5.41, 5.74) is 1.68. The van der Waals surface area contributed by atoms with Crippen molar-refractivity contribution < 1.29 is 28.4 Å². The van der Waals surface area contributed by atoms with Crippen LogP contribution in [0.2, 0.25) is 0 Å². The molecule has 3 rings (SSSR count). The first-order chi connectivity index (χ1) is 15.6. The van der Waals surface area contributed by atoms with E-state index < -0.39 is 24.4 Å². The van der Waals surface area contributed by atoms with Gasteiger partial charge in [0.25, 0.3) is 0 Å². The van der Waals surface area contributed by atoms with Crippen molar-refractivity contribution in [1.29, 1.82) is 0 Å². The van der Waals surface area contributed by atoms with Crippen LogP contribution in [0.1, 0.15) is 49.2 Å². The van der Waals surface area contributed by atoms with Crippen LogP contribution in [-0.4, -0.2) is 44.4 Å². The number of benzene rings is 2. The number of nitrogens with one attached hydrogen (secondary N) is 1. The molecule has 7 nitrogen and oxygen atoms in total. The van der Waals surface area contributed by atoms with Gasteiger partial charge in [0, 0.05) is 6.54 Å². The Bertz CT molecular complexity index is 1000. The fourth-order valence-electron chi connectivity index (χ4n) is 3.29. The lowest BCUT2D eigenvalue weighted by molar-refractivity contribution is 0.00578. The molecule has 0 aliphatic carbocycles. The molecule has 0 atom stereocenters. The Hall–Kier alpha value is -3.10. The van der Waals surface area contributed by atoms with Crippen molar-refractivity contribution in [2.75, 3.05) is 13.7 Å². The van der Waals surface area contributed by atoms with Crippen LogP contribution in [-0.2, 0) is 20.7 Å². The van der Waals surface area contributed by atoms with Crippen LogP contribution in [0.5, 0.6) is 5.75 Å². The Morgan fingerprint density at radius 3 is 2.33 bits per heavy atom. The van der Waals surface area contributed by atoms with E-state index in [-0.39, 0.29) is 13.2 Å². The van der Waals surface area contributed by atoms with Crippen molar-refractivity contribution in [1.82, 2.24) is 5.32 Å². The predicted octanol–water partition coefficient (Wildman–Crippen LogP) is 4.45. The summed E-state index contributed by atoms with van der Waals surface area (Å²) in [6.45, 7) is 8.17. The minimum atomic E-state index is -0.675. The Kier molecular flexibility index (Phi) is 7.61. The molecule has 1 aliphatic heterocycles. The number of carbonyl (C=O) groups excluding carboxylic acids is 2. The molecule has 174 valence electrons. The normalized spacial score (nSPS) is 16.9. The predicted molar refractivity (Wildman–Crippen MR) is 127 cm³/mol. The summed E-state index contributed by atoms with van der Waals surface area (Å²) in [6.07, 6.45) is 2.03. The number of ether oxygens (including phenoxy) is 2. The highest BCUT2D eigenvalue weighted by Crippen LogP contribution is 2.38. The molecule has 0 unspecified atom stereocenters. The zero-order chi connectivity index (χ0) is 24.1. The Morgan fingerprint density at radius 1 is 1.06 bits per heavy atom. The van der Waals surface area contributed by atoms with Crippen LogP contribution in [0, 0.1) is 0 Å². The highest BCUT2D eigenvalue weighted by Gasteiger charge is 2.52. The van der Waals surface area contributed by atoms with E-state index in [0.29, 0.717) is 16.8 Å². The van der Waals surface area contributed by atoms with Crippen LogP contribution < -0.4 is 10.1 Å². The van der Waals surface area contributed by atoms with E-state index in [1.807, 2.05) is 70.2 Å². The highest BCUT2D eigenvalue weighted by molar-refractivity contribution is 6.56. The molecule has 0 saturated carbocycles. The van der Waals surface area contributed by atoms with E-state index in [9.17, 15) is 9.59 Å². The van der Waals surface area contributed by atoms with Crippen molar-refractivity contribution in [3.8, 4) is 5.75 Å². The number of aldehydes is 1. The van der Waals surface area contributed by atoms with Gasteiger partial charge in [0.1, 0.15) is 12.4 Å². The van der Waals surface area contributed by atoms with E-state index in [2.05, 4.69) is 5.32 Å². The van der Waals surface area contributed by atoms with Gasteiger partial charge in [-0.1, -0.05) is 42.5 Å². The molecule has 8 heteroatoms. The maximum absolute atomic E-state index is 12.3. The maximum atomic E-state index is 12.3. The van der Waals surface area contributed by atoms with Crippen molar-refractivity contribution in [2.45, 2.75) is 45.5 Å². The van der Waals surface area contributed by atoms with Crippen LogP contribution in [0.4, 0.5) is 4.79 Å². The molecule has 33 heavy (non-hydrogen) atoms. The van der Waals surface area contributed by atoms with Gasteiger partial charge < -0.3 is 24.1 Å². The summed E-state index contributed by atoms with van der Waals surface area (Å²) in [5, 5.41) is 2.77. The smallest absolute Gasteiger partial charge is 0.492 e. The SMILES string of the molecule is COc1ccc(C=C(CNC(=O)OCc2ccccc2)B2OC(C)(C)C(C)(C)O2)cc1C=O. The van der Waals surface area contributed by atoms with Crippen LogP contribution in [0.25, 0.3) is 6.08 Å². The maximum Gasteiger partial charge on any atom is 0.492 e. The lowest BCUT2D eigenvalue weighted by Gasteiger charge is -2.32. The van der Waals surface area contributed by atoms with E-state index in [0.717, 1.165) is 17.4 Å².